The minimum Gasteiger partial charge on any atom is -0.507 e. The number of hydrogen-bond acceptors (Lipinski definition) is 3. The lowest BCUT2D eigenvalue weighted by molar-refractivity contribution is -0.132. The Morgan fingerprint density at radius 2 is 1.48 bits per heavy atom. The van der Waals surface area contributed by atoms with Gasteiger partial charge in [0.25, 0.3) is 11.7 Å². The van der Waals surface area contributed by atoms with Crippen molar-refractivity contribution in [3.05, 3.63) is 119 Å². The summed E-state index contributed by atoms with van der Waals surface area (Å²) in [5.74, 6) is -1.49. The number of fused-ring (bicyclic) bond motifs is 1. The number of aryl methyl sites for hydroxylation is 1. The van der Waals surface area contributed by atoms with E-state index in [9.17, 15) is 14.7 Å². The fourth-order valence-corrected chi connectivity index (χ4v) is 4.52. The molecule has 1 heterocycles. The summed E-state index contributed by atoms with van der Waals surface area (Å²) in [6.45, 7) is 2.06. The largest absolute Gasteiger partial charge is 0.507 e. The predicted molar refractivity (Wildman–Crippen MR) is 131 cm³/mol. The van der Waals surface area contributed by atoms with Crippen LogP contribution < -0.4 is 4.90 Å². The van der Waals surface area contributed by atoms with Crippen LogP contribution in [0.5, 0.6) is 0 Å². The Morgan fingerprint density at radius 3 is 2.21 bits per heavy atom. The van der Waals surface area contributed by atoms with Gasteiger partial charge in [-0.25, -0.2) is 0 Å². The Balaban J connectivity index is 1.74. The number of amides is 1. The standard InChI is InChI=1S/C29H23NO3/c1-2-19-15-17-22(18-16-19)30-26(21-10-4-3-5-11-21)25(28(32)29(30)33)27(31)24-14-8-12-20-9-6-7-13-23(20)24/h3-18,26,31H,2H2,1H3/b27-25-. The summed E-state index contributed by atoms with van der Waals surface area (Å²) >= 11 is 0. The number of anilines is 1. The first kappa shape index (κ1) is 20.7. The fraction of sp³-hybridized carbons (Fsp3) is 0.103. The lowest BCUT2D eigenvalue weighted by Crippen LogP contribution is -2.29. The van der Waals surface area contributed by atoms with E-state index in [4.69, 9.17) is 0 Å². The highest BCUT2D eigenvalue weighted by Gasteiger charge is 2.47. The predicted octanol–water partition coefficient (Wildman–Crippen LogP) is 6.03. The third-order valence-corrected chi connectivity index (χ3v) is 6.23. The van der Waals surface area contributed by atoms with Gasteiger partial charge in [-0.3, -0.25) is 14.5 Å². The molecule has 33 heavy (non-hydrogen) atoms. The van der Waals surface area contributed by atoms with E-state index in [1.165, 1.54) is 4.90 Å². The molecule has 1 aliphatic rings. The molecular formula is C29H23NO3. The first-order chi connectivity index (χ1) is 16.1. The highest BCUT2D eigenvalue weighted by atomic mass is 16.3. The molecule has 0 bridgehead atoms. The van der Waals surface area contributed by atoms with Crippen molar-refractivity contribution in [1.29, 1.82) is 0 Å². The Morgan fingerprint density at radius 1 is 0.818 bits per heavy atom. The second kappa shape index (κ2) is 8.40. The molecule has 1 aliphatic heterocycles. The number of aliphatic hydroxyl groups excluding tert-OH is 1. The summed E-state index contributed by atoms with van der Waals surface area (Å²) in [4.78, 5) is 28.1. The van der Waals surface area contributed by atoms with E-state index in [1.54, 1.807) is 6.07 Å². The lowest BCUT2D eigenvalue weighted by atomic mass is 9.93. The molecule has 4 aromatic carbocycles. The number of hydrogen-bond donors (Lipinski definition) is 1. The van der Waals surface area contributed by atoms with Crippen LogP contribution >= 0.6 is 0 Å². The quantitative estimate of drug-likeness (QED) is 0.243. The van der Waals surface area contributed by atoms with Gasteiger partial charge in [-0.2, -0.15) is 0 Å². The average Bonchev–Trinajstić information content (AvgIpc) is 3.14. The molecular weight excluding hydrogens is 410 g/mol. The monoisotopic (exact) mass is 433 g/mol. The smallest absolute Gasteiger partial charge is 0.300 e. The molecule has 5 rings (SSSR count). The molecule has 0 radical (unpaired) electrons. The average molecular weight is 434 g/mol. The third kappa shape index (κ3) is 3.50. The van der Waals surface area contributed by atoms with Crippen LogP contribution in [0.25, 0.3) is 16.5 Å². The van der Waals surface area contributed by atoms with Crippen LogP contribution in [0.3, 0.4) is 0 Å². The molecule has 4 aromatic rings. The molecule has 1 amide bonds. The van der Waals surface area contributed by atoms with Crippen molar-refractivity contribution < 1.29 is 14.7 Å². The van der Waals surface area contributed by atoms with Gasteiger partial charge in [0.15, 0.2) is 0 Å². The van der Waals surface area contributed by atoms with Crippen molar-refractivity contribution in [3.8, 4) is 0 Å². The van der Waals surface area contributed by atoms with Crippen LogP contribution in [0, 0.1) is 0 Å². The molecule has 1 atom stereocenters. The number of benzene rings is 4. The highest BCUT2D eigenvalue weighted by Crippen LogP contribution is 2.42. The summed E-state index contributed by atoms with van der Waals surface area (Å²) in [6, 6.07) is 29.5. The lowest BCUT2D eigenvalue weighted by Gasteiger charge is -2.25. The molecule has 1 N–H and O–H groups in total. The van der Waals surface area contributed by atoms with Gasteiger partial charge in [-0.15, -0.1) is 0 Å². The summed E-state index contributed by atoms with van der Waals surface area (Å²) < 4.78 is 0. The zero-order chi connectivity index (χ0) is 22.9. The van der Waals surface area contributed by atoms with Crippen molar-refractivity contribution in [1.82, 2.24) is 0 Å². The molecule has 0 aromatic heterocycles. The fourth-order valence-electron chi connectivity index (χ4n) is 4.52. The van der Waals surface area contributed by atoms with Gasteiger partial charge in [0.2, 0.25) is 0 Å². The highest BCUT2D eigenvalue weighted by molar-refractivity contribution is 6.51. The molecule has 162 valence electrons. The van der Waals surface area contributed by atoms with Crippen molar-refractivity contribution in [2.24, 2.45) is 0 Å². The van der Waals surface area contributed by atoms with Crippen LogP contribution in [-0.2, 0) is 16.0 Å². The maximum Gasteiger partial charge on any atom is 0.300 e. The summed E-state index contributed by atoms with van der Waals surface area (Å²) in [6.07, 6.45) is 0.877. The second-order valence-electron chi connectivity index (χ2n) is 8.13. The van der Waals surface area contributed by atoms with E-state index in [-0.39, 0.29) is 11.3 Å². The van der Waals surface area contributed by atoms with E-state index in [0.29, 0.717) is 11.3 Å². The van der Waals surface area contributed by atoms with E-state index < -0.39 is 17.7 Å². The first-order valence-electron chi connectivity index (χ1n) is 11.0. The van der Waals surface area contributed by atoms with Gasteiger partial charge >= 0.3 is 0 Å². The van der Waals surface area contributed by atoms with Crippen molar-refractivity contribution in [2.75, 3.05) is 4.90 Å². The number of aliphatic hydroxyl groups is 1. The van der Waals surface area contributed by atoms with Crippen LogP contribution in [0.15, 0.2) is 103 Å². The van der Waals surface area contributed by atoms with Gasteiger partial charge < -0.3 is 5.11 Å². The number of carbonyl (C=O) groups is 2. The zero-order valence-corrected chi connectivity index (χ0v) is 18.2. The molecule has 1 saturated heterocycles. The number of nitrogens with zero attached hydrogens (tertiary/aromatic N) is 1. The second-order valence-corrected chi connectivity index (χ2v) is 8.13. The van der Waals surface area contributed by atoms with E-state index in [0.717, 1.165) is 28.3 Å². The molecule has 0 spiro atoms. The van der Waals surface area contributed by atoms with Gasteiger partial charge in [0, 0.05) is 11.3 Å². The number of ketones is 1. The van der Waals surface area contributed by atoms with Crippen LogP contribution in [-0.4, -0.2) is 16.8 Å². The number of Topliss-reactive ketones (excluding diaryl/α,β-unsaturated/α-hetero) is 1. The molecule has 1 unspecified atom stereocenters. The summed E-state index contributed by atoms with van der Waals surface area (Å²) in [5, 5.41) is 13.2. The maximum absolute atomic E-state index is 13.3. The van der Waals surface area contributed by atoms with Crippen molar-refractivity contribution >= 4 is 33.9 Å². The Bertz CT molecular complexity index is 1380. The van der Waals surface area contributed by atoms with Gasteiger partial charge in [0.05, 0.1) is 11.6 Å². The Kier molecular flexibility index (Phi) is 5.27. The number of carbonyl (C=O) groups excluding carboxylic acids is 2. The van der Waals surface area contributed by atoms with Crippen LogP contribution in [0.2, 0.25) is 0 Å². The topological polar surface area (TPSA) is 57.6 Å². The van der Waals surface area contributed by atoms with Gasteiger partial charge in [0.1, 0.15) is 5.76 Å². The Hall–Kier alpha value is -4.18. The minimum absolute atomic E-state index is 0.0992. The van der Waals surface area contributed by atoms with Gasteiger partial charge in [-0.1, -0.05) is 91.9 Å². The molecule has 0 aliphatic carbocycles. The maximum atomic E-state index is 13.3. The SMILES string of the molecule is CCc1ccc(N2C(=O)C(=O)/C(=C(\O)c3cccc4ccccc34)C2c2ccccc2)cc1. The van der Waals surface area contributed by atoms with E-state index in [1.807, 2.05) is 91.0 Å². The minimum atomic E-state index is -0.724. The van der Waals surface area contributed by atoms with Crippen molar-refractivity contribution in [3.63, 3.8) is 0 Å². The summed E-state index contributed by atoms with van der Waals surface area (Å²) in [7, 11) is 0. The van der Waals surface area contributed by atoms with E-state index in [2.05, 4.69) is 6.92 Å². The zero-order valence-electron chi connectivity index (χ0n) is 18.2. The third-order valence-electron chi connectivity index (χ3n) is 6.23. The molecule has 4 nitrogen and oxygen atoms in total. The molecule has 1 fully saturated rings. The molecule has 4 heteroatoms. The normalized spacial score (nSPS) is 17.6. The molecule has 0 saturated carbocycles. The number of rotatable bonds is 4. The first-order valence-corrected chi connectivity index (χ1v) is 11.0. The summed E-state index contributed by atoms with van der Waals surface area (Å²) in [5.41, 5.74) is 3.16. The van der Waals surface area contributed by atoms with Gasteiger partial charge in [-0.05, 0) is 40.5 Å². The van der Waals surface area contributed by atoms with Crippen LogP contribution in [0.1, 0.15) is 29.7 Å². The Labute approximate surface area is 192 Å². The van der Waals surface area contributed by atoms with E-state index >= 15 is 0 Å². The van der Waals surface area contributed by atoms with Crippen molar-refractivity contribution in [2.45, 2.75) is 19.4 Å². The van der Waals surface area contributed by atoms with Crippen LogP contribution in [0.4, 0.5) is 5.69 Å².